The van der Waals surface area contributed by atoms with E-state index < -0.39 is 5.41 Å². The number of anilines is 1. The summed E-state index contributed by atoms with van der Waals surface area (Å²) in [5.41, 5.74) is 6.68. The van der Waals surface area contributed by atoms with Crippen LogP contribution in [0.4, 0.5) is 5.69 Å². The Balaban J connectivity index is 2.81. The zero-order valence-electron chi connectivity index (χ0n) is 10.5. The van der Waals surface area contributed by atoms with E-state index in [1.54, 1.807) is 19.1 Å². The summed E-state index contributed by atoms with van der Waals surface area (Å²) in [5.74, 6) is 5.51. The van der Waals surface area contributed by atoms with Crippen molar-refractivity contribution in [3.05, 3.63) is 29.8 Å². The van der Waals surface area contributed by atoms with E-state index in [2.05, 4.69) is 17.2 Å². The van der Waals surface area contributed by atoms with Gasteiger partial charge in [0.2, 0.25) is 5.91 Å². The van der Waals surface area contributed by atoms with Gasteiger partial charge in [-0.1, -0.05) is 18.1 Å². The molecule has 0 saturated heterocycles. The molecule has 1 amide bonds. The highest BCUT2D eigenvalue weighted by Crippen LogP contribution is 2.24. The van der Waals surface area contributed by atoms with E-state index >= 15 is 0 Å². The molecule has 90 valence electrons. The second kappa shape index (κ2) is 5.40. The Hall–Kier alpha value is -1.95. The van der Waals surface area contributed by atoms with Crippen molar-refractivity contribution < 1.29 is 4.79 Å². The van der Waals surface area contributed by atoms with Crippen molar-refractivity contribution in [3.63, 3.8) is 0 Å². The average Bonchev–Trinajstić information content (AvgIpc) is 2.29. The van der Waals surface area contributed by atoms with Crippen LogP contribution in [0.3, 0.4) is 0 Å². The Kier molecular flexibility index (Phi) is 4.17. The van der Waals surface area contributed by atoms with Gasteiger partial charge in [0, 0.05) is 5.69 Å². The molecule has 1 rings (SSSR count). The molecule has 3 heteroatoms. The van der Waals surface area contributed by atoms with Gasteiger partial charge in [0.1, 0.15) is 0 Å². The van der Waals surface area contributed by atoms with Gasteiger partial charge >= 0.3 is 0 Å². The molecule has 0 unspecified atom stereocenters. The predicted octanol–water partition coefficient (Wildman–Crippen LogP) is 1.69. The molecule has 0 aliphatic heterocycles. The van der Waals surface area contributed by atoms with E-state index in [0.29, 0.717) is 12.2 Å². The highest BCUT2D eigenvalue weighted by Gasteiger charge is 2.29. The van der Waals surface area contributed by atoms with Crippen molar-refractivity contribution in [2.75, 3.05) is 12.3 Å². The highest BCUT2D eigenvalue weighted by molar-refractivity contribution is 5.87. The summed E-state index contributed by atoms with van der Waals surface area (Å²) in [4.78, 5) is 12.0. The molecule has 0 atom stereocenters. The Morgan fingerprint density at radius 2 is 1.94 bits per heavy atom. The number of nitrogens with one attached hydrogen (secondary N) is 1. The van der Waals surface area contributed by atoms with Gasteiger partial charge in [0.05, 0.1) is 12.0 Å². The number of benzene rings is 1. The Morgan fingerprint density at radius 3 is 2.47 bits per heavy atom. The normalized spacial score (nSPS) is 10.3. The first-order valence-electron chi connectivity index (χ1n) is 5.52. The summed E-state index contributed by atoms with van der Waals surface area (Å²) >= 11 is 0. The van der Waals surface area contributed by atoms with E-state index in [1.807, 2.05) is 26.0 Å². The molecule has 0 fully saturated rings. The summed E-state index contributed by atoms with van der Waals surface area (Å²) in [6.07, 6.45) is 0. The third-order valence-electron chi connectivity index (χ3n) is 2.71. The van der Waals surface area contributed by atoms with Crippen LogP contribution in [-0.2, 0) is 10.2 Å². The molecule has 3 N–H and O–H groups in total. The number of hydrogen-bond donors (Lipinski definition) is 2. The lowest BCUT2D eigenvalue weighted by Gasteiger charge is -2.23. The minimum Gasteiger partial charge on any atom is -0.399 e. The molecular weight excluding hydrogens is 212 g/mol. The van der Waals surface area contributed by atoms with Crippen LogP contribution in [0.15, 0.2) is 24.3 Å². The zero-order chi connectivity index (χ0) is 12.9. The lowest BCUT2D eigenvalue weighted by molar-refractivity contribution is -0.125. The van der Waals surface area contributed by atoms with Crippen molar-refractivity contribution in [1.82, 2.24) is 5.32 Å². The van der Waals surface area contributed by atoms with Crippen LogP contribution in [0.25, 0.3) is 0 Å². The SMILES string of the molecule is CC#CCNC(=O)C(C)(C)c1ccc(N)cc1. The number of rotatable bonds is 3. The summed E-state index contributed by atoms with van der Waals surface area (Å²) in [6.45, 7) is 5.89. The Labute approximate surface area is 102 Å². The van der Waals surface area contributed by atoms with Crippen molar-refractivity contribution >= 4 is 11.6 Å². The van der Waals surface area contributed by atoms with Crippen LogP contribution in [0.2, 0.25) is 0 Å². The number of carbonyl (C=O) groups excluding carboxylic acids is 1. The highest BCUT2D eigenvalue weighted by atomic mass is 16.2. The van der Waals surface area contributed by atoms with Gasteiger partial charge < -0.3 is 11.1 Å². The third-order valence-corrected chi connectivity index (χ3v) is 2.71. The van der Waals surface area contributed by atoms with Gasteiger partial charge in [-0.3, -0.25) is 4.79 Å². The fourth-order valence-electron chi connectivity index (χ4n) is 1.46. The van der Waals surface area contributed by atoms with E-state index in [0.717, 1.165) is 5.56 Å². The van der Waals surface area contributed by atoms with E-state index in [1.165, 1.54) is 0 Å². The average molecular weight is 230 g/mol. The molecule has 0 aliphatic rings. The number of carbonyl (C=O) groups is 1. The lowest BCUT2D eigenvalue weighted by Crippen LogP contribution is -2.40. The van der Waals surface area contributed by atoms with Gasteiger partial charge in [-0.05, 0) is 38.5 Å². The summed E-state index contributed by atoms with van der Waals surface area (Å²) < 4.78 is 0. The molecule has 0 radical (unpaired) electrons. The topological polar surface area (TPSA) is 55.1 Å². The van der Waals surface area contributed by atoms with Crippen LogP contribution < -0.4 is 11.1 Å². The smallest absolute Gasteiger partial charge is 0.230 e. The number of hydrogen-bond acceptors (Lipinski definition) is 2. The van der Waals surface area contributed by atoms with Crippen LogP contribution in [0, 0.1) is 11.8 Å². The van der Waals surface area contributed by atoms with Crippen LogP contribution in [-0.4, -0.2) is 12.5 Å². The van der Waals surface area contributed by atoms with E-state index in [4.69, 9.17) is 5.73 Å². The number of nitrogen functional groups attached to an aromatic ring is 1. The molecule has 0 saturated carbocycles. The lowest BCUT2D eigenvalue weighted by atomic mass is 9.83. The van der Waals surface area contributed by atoms with Gasteiger partial charge in [0.15, 0.2) is 0 Å². The quantitative estimate of drug-likeness (QED) is 0.613. The van der Waals surface area contributed by atoms with Gasteiger partial charge in [-0.2, -0.15) is 0 Å². The Bertz CT molecular complexity index is 449. The minimum atomic E-state index is -0.580. The Morgan fingerprint density at radius 1 is 1.35 bits per heavy atom. The van der Waals surface area contributed by atoms with Gasteiger partial charge in [-0.15, -0.1) is 5.92 Å². The molecule has 0 aliphatic carbocycles. The molecule has 0 spiro atoms. The summed E-state index contributed by atoms with van der Waals surface area (Å²) in [6, 6.07) is 7.35. The van der Waals surface area contributed by atoms with Crippen molar-refractivity contribution in [2.24, 2.45) is 0 Å². The molecule has 3 nitrogen and oxygen atoms in total. The van der Waals surface area contributed by atoms with E-state index in [-0.39, 0.29) is 5.91 Å². The number of amides is 1. The second-order valence-electron chi connectivity index (χ2n) is 4.36. The maximum Gasteiger partial charge on any atom is 0.230 e. The second-order valence-corrected chi connectivity index (χ2v) is 4.36. The van der Waals surface area contributed by atoms with Gasteiger partial charge in [0.25, 0.3) is 0 Å². The first kappa shape index (κ1) is 13.1. The van der Waals surface area contributed by atoms with Crippen molar-refractivity contribution in [3.8, 4) is 11.8 Å². The minimum absolute atomic E-state index is 0.0370. The largest absolute Gasteiger partial charge is 0.399 e. The van der Waals surface area contributed by atoms with Crippen LogP contribution in [0.5, 0.6) is 0 Å². The molecular formula is C14H18N2O. The molecule has 0 heterocycles. The first-order valence-corrected chi connectivity index (χ1v) is 5.52. The zero-order valence-corrected chi connectivity index (χ0v) is 10.5. The standard InChI is InChI=1S/C14H18N2O/c1-4-5-10-16-13(17)14(2,3)11-6-8-12(15)9-7-11/h6-9H,10,15H2,1-3H3,(H,16,17). The fraction of sp³-hybridized carbons (Fsp3) is 0.357. The summed E-state index contributed by atoms with van der Waals surface area (Å²) in [7, 11) is 0. The van der Waals surface area contributed by atoms with E-state index in [9.17, 15) is 4.79 Å². The summed E-state index contributed by atoms with van der Waals surface area (Å²) in [5, 5.41) is 2.79. The molecule has 0 aromatic heterocycles. The number of nitrogens with two attached hydrogens (primary N) is 1. The monoisotopic (exact) mass is 230 g/mol. The molecule has 0 bridgehead atoms. The first-order chi connectivity index (χ1) is 7.98. The molecule has 17 heavy (non-hydrogen) atoms. The van der Waals surface area contributed by atoms with Crippen molar-refractivity contribution in [2.45, 2.75) is 26.2 Å². The molecule has 1 aromatic carbocycles. The van der Waals surface area contributed by atoms with Crippen molar-refractivity contribution in [1.29, 1.82) is 0 Å². The van der Waals surface area contributed by atoms with Crippen LogP contribution in [0.1, 0.15) is 26.3 Å². The van der Waals surface area contributed by atoms with Crippen LogP contribution >= 0.6 is 0 Å². The maximum absolute atomic E-state index is 12.0. The molecule has 1 aromatic rings. The third kappa shape index (κ3) is 3.25. The van der Waals surface area contributed by atoms with Gasteiger partial charge in [-0.25, -0.2) is 0 Å². The maximum atomic E-state index is 12.0. The fourth-order valence-corrected chi connectivity index (χ4v) is 1.46. The predicted molar refractivity (Wildman–Crippen MR) is 70.3 cm³/mol.